The van der Waals surface area contributed by atoms with E-state index in [0.717, 1.165) is 31.5 Å². The van der Waals surface area contributed by atoms with Gasteiger partial charge in [-0.15, -0.1) is 0 Å². The molecule has 1 aromatic heterocycles. The second-order valence-electron chi connectivity index (χ2n) is 5.86. The van der Waals surface area contributed by atoms with Crippen molar-refractivity contribution < 1.29 is 4.79 Å². The summed E-state index contributed by atoms with van der Waals surface area (Å²) in [6.07, 6.45) is 7.48. The molecule has 106 valence electrons. The fourth-order valence-electron chi connectivity index (χ4n) is 2.91. The lowest BCUT2D eigenvalue weighted by atomic mass is 9.70. The van der Waals surface area contributed by atoms with E-state index < -0.39 is 0 Å². The fraction of sp³-hybridized carbons (Fsp3) is 0.714. The molecule has 0 unspecified atom stereocenters. The SMILES string of the molecule is CC1CCC(CN)(C(=O)N(C)Cc2ncc[nH]2)CC1. The van der Waals surface area contributed by atoms with Crippen LogP contribution in [-0.4, -0.2) is 34.4 Å². The Balaban J connectivity index is 2.03. The van der Waals surface area contributed by atoms with Crippen LogP contribution in [0.25, 0.3) is 0 Å². The maximum atomic E-state index is 12.7. The van der Waals surface area contributed by atoms with Crippen molar-refractivity contribution in [1.82, 2.24) is 14.9 Å². The molecule has 0 saturated heterocycles. The summed E-state index contributed by atoms with van der Waals surface area (Å²) in [5, 5.41) is 0. The van der Waals surface area contributed by atoms with E-state index in [1.54, 1.807) is 17.3 Å². The van der Waals surface area contributed by atoms with E-state index in [-0.39, 0.29) is 11.3 Å². The summed E-state index contributed by atoms with van der Waals surface area (Å²) in [5.41, 5.74) is 5.57. The molecular weight excluding hydrogens is 240 g/mol. The van der Waals surface area contributed by atoms with Gasteiger partial charge < -0.3 is 15.6 Å². The third kappa shape index (κ3) is 2.97. The molecule has 1 heterocycles. The molecule has 19 heavy (non-hydrogen) atoms. The second-order valence-corrected chi connectivity index (χ2v) is 5.86. The van der Waals surface area contributed by atoms with Gasteiger partial charge in [-0.25, -0.2) is 4.98 Å². The summed E-state index contributed by atoms with van der Waals surface area (Å²) >= 11 is 0. The van der Waals surface area contributed by atoms with Crippen LogP contribution >= 0.6 is 0 Å². The predicted molar refractivity (Wildman–Crippen MR) is 74.2 cm³/mol. The van der Waals surface area contributed by atoms with Crippen molar-refractivity contribution in [3.05, 3.63) is 18.2 Å². The Morgan fingerprint density at radius 1 is 1.58 bits per heavy atom. The first-order chi connectivity index (χ1) is 9.07. The number of carbonyl (C=O) groups excluding carboxylic acids is 1. The molecule has 5 heteroatoms. The number of carbonyl (C=O) groups is 1. The zero-order valence-electron chi connectivity index (χ0n) is 11.9. The number of imidazole rings is 1. The van der Waals surface area contributed by atoms with Crippen LogP contribution in [0.1, 0.15) is 38.4 Å². The van der Waals surface area contributed by atoms with E-state index in [1.165, 1.54) is 0 Å². The average molecular weight is 264 g/mol. The molecule has 1 amide bonds. The summed E-state index contributed by atoms with van der Waals surface area (Å²) < 4.78 is 0. The Morgan fingerprint density at radius 3 is 2.79 bits per heavy atom. The first-order valence-electron chi connectivity index (χ1n) is 7.01. The molecule has 0 bridgehead atoms. The van der Waals surface area contributed by atoms with Crippen LogP contribution in [0.5, 0.6) is 0 Å². The monoisotopic (exact) mass is 264 g/mol. The van der Waals surface area contributed by atoms with Gasteiger partial charge in [-0.05, 0) is 31.6 Å². The van der Waals surface area contributed by atoms with Crippen molar-refractivity contribution in [2.24, 2.45) is 17.1 Å². The van der Waals surface area contributed by atoms with Gasteiger partial charge in [0.1, 0.15) is 5.82 Å². The third-order valence-electron chi connectivity index (χ3n) is 4.36. The highest BCUT2D eigenvalue weighted by molar-refractivity contribution is 5.82. The van der Waals surface area contributed by atoms with Crippen LogP contribution < -0.4 is 5.73 Å². The van der Waals surface area contributed by atoms with Crippen molar-refractivity contribution in [1.29, 1.82) is 0 Å². The van der Waals surface area contributed by atoms with Gasteiger partial charge >= 0.3 is 0 Å². The lowest BCUT2D eigenvalue weighted by Gasteiger charge is -2.39. The molecule has 5 nitrogen and oxygen atoms in total. The summed E-state index contributed by atoms with van der Waals surface area (Å²) in [6, 6.07) is 0. The van der Waals surface area contributed by atoms with Crippen molar-refractivity contribution in [2.45, 2.75) is 39.2 Å². The van der Waals surface area contributed by atoms with Crippen molar-refractivity contribution in [3.63, 3.8) is 0 Å². The summed E-state index contributed by atoms with van der Waals surface area (Å²) in [5.74, 6) is 1.69. The second kappa shape index (κ2) is 5.74. The van der Waals surface area contributed by atoms with Crippen LogP contribution in [-0.2, 0) is 11.3 Å². The highest BCUT2D eigenvalue weighted by atomic mass is 16.2. The Kier molecular flexibility index (Phi) is 4.24. The molecule has 1 saturated carbocycles. The van der Waals surface area contributed by atoms with Crippen LogP contribution in [0.3, 0.4) is 0 Å². The number of nitrogens with two attached hydrogens (primary N) is 1. The Bertz CT molecular complexity index is 407. The molecule has 1 aliphatic rings. The zero-order chi connectivity index (χ0) is 13.9. The number of aromatic amines is 1. The summed E-state index contributed by atoms with van der Waals surface area (Å²) in [4.78, 5) is 21.6. The molecular formula is C14H24N4O. The minimum atomic E-state index is -0.353. The van der Waals surface area contributed by atoms with Gasteiger partial charge in [0.2, 0.25) is 5.91 Å². The molecule has 0 atom stereocenters. The van der Waals surface area contributed by atoms with Gasteiger partial charge in [-0.3, -0.25) is 4.79 Å². The van der Waals surface area contributed by atoms with Gasteiger partial charge in [0.05, 0.1) is 12.0 Å². The molecule has 3 N–H and O–H groups in total. The number of nitrogens with zero attached hydrogens (tertiary/aromatic N) is 2. The van der Waals surface area contributed by atoms with Gasteiger partial charge in [0.25, 0.3) is 0 Å². The van der Waals surface area contributed by atoms with E-state index in [2.05, 4.69) is 16.9 Å². The topological polar surface area (TPSA) is 75.0 Å². The molecule has 1 fully saturated rings. The molecule has 0 radical (unpaired) electrons. The Hall–Kier alpha value is -1.36. The van der Waals surface area contributed by atoms with Crippen LogP contribution in [0.4, 0.5) is 0 Å². The largest absolute Gasteiger partial charge is 0.347 e. The molecule has 0 spiro atoms. The lowest BCUT2D eigenvalue weighted by molar-refractivity contribution is -0.143. The molecule has 2 rings (SSSR count). The summed E-state index contributed by atoms with van der Waals surface area (Å²) in [7, 11) is 1.83. The molecule has 1 aliphatic carbocycles. The quantitative estimate of drug-likeness (QED) is 0.866. The summed E-state index contributed by atoms with van der Waals surface area (Å²) in [6.45, 7) is 3.21. The Labute approximate surface area is 114 Å². The number of rotatable bonds is 4. The molecule has 1 aromatic rings. The van der Waals surface area contributed by atoms with Gasteiger partial charge in [-0.1, -0.05) is 6.92 Å². The van der Waals surface area contributed by atoms with Crippen molar-refractivity contribution in [3.8, 4) is 0 Å². The lowest BCUT2D eigenvalue weighted by Crippen LogP contribution is -2.48. The normalized spacial score (nSPS) is 27.2. The maximum absolute atomic E-state index is 12.7. The van der Waals surface area contributed by atoms with Crippen LogP contribution in [0, 0.1) is 11.3 Å². The van der Waals surface area contributed by atoms with Crippen molar-refractivity contribution >= 4 is 5.91 Å². The fourth-order valence-corrected chi connectivity index (χ4v) is 2.91. The Morgan fingerprint density at radius 2 is 2.26 bits per heavy atom. The average Bonchev–Trinajstić information content (AvgIpc) is 2.92. The van der Waals surface area contributed by atoms with E-state index in [1.807, 2.05) is 7.05 Å². The smallest absolute Gasteiger partial charge is 0.230 e. The van der Waals surface area contributed by atoms with E-state index in [0.29, 0.717) is 19.0 Å². The predicted octanol–water partition coefficient (Wildman–Crippen LogP) is 1.52. The van der Waals surface area contributed by atoms with E-state index in [4.69, 9.17) is 5.73 Å². The van der Waals surface area contributed by atoms with E-state index >= 15 is 0 Å². The van der Waals surface area contributed by atoms with Gasteiger partial charge in [-0.2, -0.15) is 0 Å². The highest BCUT2D eigenvalue weighted by Crippen LogP contribution is 2.39. The standard InChI is InChI=1S/C14H24N4O/c1-11-3-5-14(10-15,6-4-11)13(19)18(2)9-12-16-7-8-17-12/h7-8,11H,3-6,9-10,15H2,1-2H3,(H,16,17). The van der Waals surface area contributed by atoms with Gasteiger partial charge in [0.15, 0.2) is 0 Å². The zero-order valence-corrected chi connectivity index (χ0v) is 11.9. The minimum Gasteiger partial charge on any atom is -0.347 e. The van der Waals surface area contributed by atoms with Crippen molar-refractivity contribution in [2.75, 3.05) is 13.6 Å². The third-order valence-corrected chi connectivity index (χ3v) is 4.36. The number of hydrogen-bond acceptors (Lipinski definition) is 3. The number of H-pyrrole nitrogens is 1. The van der Waals surface area contributed by atoms with Crippen LogP contribution in [0.15, 0.2) is 12.4 Å². The number of hydrogen-bond donors (Lipinski definition) is 2. The maximum Gasteiger partial charge on any atom is 0.230 e. The molecule has 0 aromatic carbocycles. The number of nitrogens with one attached hydrogen (secondary N) is 1. The first-order valence-corrected chi connectivity index (χ1v) is 7.01. The highest BCUT2D eigenvalue weighted by Gasteiger charge is 2.41. The molecule has 0 aliphatic heterocycles. The van der Waals surface area contributed by atoms with Gasteiger partial charge in [0, 0.05) is 26.0 Å². The van der Waals surface area contributed by atoms with Crippen LogP contribution in [0.2, 0.25) is 0 Å². The number of aromatic nitrogens is 2. The minimum absolute atomic E-state index is 0.165. The van der Waals surface area contributed by atoms with E-state index in [9.17, 15) is 4.79 Å². The first kappa shape index (κ1) is 14.1. The number of amides is 1.